The maximum atomic E-state index is 12.1. The van der Waals surface area contributed by atoms with Crippen molar-refractivity contribution in [1.29, 1.82) is 5.26 Å². The van der Waals surface area contributed by atoms with Crippen molar-refractivity contribution in [3.63, 3.8) is 0 Å². The number of nitrogens with zero attached hydrogens (tertiary/aromatic N) is 1. The molecular formula is C22H20N2O3. The number of aryl methyl sites for hydroxylation is 2. The van der Waals surface area contributed by atoms with Crippen LogP contribution in [-0.2, 0) is 24.1 Å². The molecule has 5 nitrogen and oxygen atoms in total. The number of amides is 1. The van der Waals surface area contributed by atoms with Crippen LogP contribution in [0.3, 0.4) is 0 Å². The molecule has 0 saturated heterocycles. The Morgan fingerprint density at radius 1 is 1.15 bits per heavy atom. The first kappa shape index (κ1) is 17.2. The standard InChI is InChI=1S/C22H20N2O3/c23-12-11-15-5-7-16(8-6-15)24-22(25)14-26-17-9-10-21-19(13-17)18-3-1-2-4-20(18)27-21/h5-10,13H,1-4,11,14H2,(H,24,25). The lowest BCUT2D eigenvalue weighted by molar-refractivity contribution is -0.118. The van der Waals surface area contributed by atoms with Crippen LogP contribution in [0.2, 0.25) is 0 Å². The highest BCUT2D eigenvalue weighted by molar-refractivity contribution is 5.92. The summed E-state index contributed by atoms with van der Waals surface area (Å²) in [5.74, 6) is 1.53. The lowest BCUT2D eigenvalue weighted by Crippen LogP contribution is -2.20. The van der Waals surface area contributed by atoms with Crippen molar-refractivity contribution in [3.8, 4) is 11.8 Å². The predicted molar refractivity (Wildman–Crippen MR) is 103 cm³/mol. The van der Waals surface area contributed by atoms with Gasteiger partial charge in [0.25, 0.3) is 5.91 Å². The number of ether oxygens (including phenoxy) is 1. The molecule has 0 aliphatic heterocycles. The molecule has 1 aliphatic carbocycles. The fraction of sp³-hybridized carbons (Fsp3) is 0.273. The van der Waals surface area contributed by atoms with E-state index in [0.29, 0.717) is 17.9 Å². The minimum absolute atomic E-state index is 0.0640. The summed E-state index contributed by atoms with van der Waals surface area (Å²) in [5, 5.41) is 12.6. The molecule has 1 aromatic heterocycles. The maximum Gasteiger partial charge on any atom is 0.262 e. The first-order valence-corrected chi connectivity index (χ1v) is 9.16. The van der Waals surface area contributed by atoms with Crippen molar-refractivity contribution in [1.82, 2.24) is 0 Å². The summed E-state index contributed by atoms with van der Waals surface area (Å²) in [6.45, 7) is -0.0640. The largest absolute Gasteiger partial charge is 0.484 e. The zero-order valence-electron chi connectivity index (χ0n) is 15.0. The number of rotatable bonds is 5. The molecule has 0 atom stereocenters. The Morgan fingerprint density at radius 2 is 1.96 bits per heavy atom. The number of carbonyl (C=O) groups is 1. The zero-order valence-corrected chi connectivity index (χ0v) is 15.0. The molecule has 1 N–H and O–H groups in total. The molecule has 2 aromatic carbocycles. The number of anilines is 1. The number of furan rings is 1. The van der Waals surface area contributed by atoms with E-state index in [-0.39, 0.29) is 12.5 Å². The monoisotopic (exact) mass is 360 g/mol. The molecule has 27 heavy (non-hydrogen) atoms. The molecule has 3 aromatic rings. The number of benzene rings is 2. The third kappa shape index (κ3) is 3.80. The van der Waals surface area contributed by atoms with Crippen LogP contribution < -0.4 is 10.1 Å². The van der Waals surface area contributed by atoms with E-state index in [0.717, 1.165) is 35.1 Å². The van der Waals surface area contributed by atoms with Crippen LogP contribution in [0.25, 0.3) is 11.0 Å². The third-order valence-corrected chi connectivity index (χ3v) is 4.82. The van der Waals surface area contributed by atoms with Gasteiger partial charge in [0.15, 0.2) is 6.61 Å². The Morgan fingerprint density at radius 3 is 2.78 bits per heavy atom. The van der Waals surface area contributed by atoms with Crippen molar-refractivity contribution < 1.29 is 13.9 Å². The van der Waals surface area contributed by atoms with Crippen LogP contribution in [0.4, 0.5) is 5.69 Å². The van der Waals surface area contributed by atoms with Crippen LogP contribution in [0.15, 0.2) is 46.9 Å². The molecule has 1 aliphatic rings. The number of fused-ring (bicyclic) bond motifs is 3. The van der Waals surface area contributed by atoms with Gasteiger partial charge in [-0.15, -0.1) is 0 Å². The van der Waals surface area contributed by atoms with Crippen LogP contribution in [-0.4, -0.2) is 12.5 Å². The normalized spacial score (nSPS) is 13.0. The average molecular weight is 360 g/mol. The molecule has 136 valence electrons. The summed E-state index contributed by atoms with van der Waals surface area (Å²) in [6, 6.07) is 15.0. The molecule has 0 unspecified atom stereocenters. The number of hydrogen-bond acceptors (Lipinski definition) is 4. The molecule has 0 radical (unpaired) electrons. The Labute approximate surface area is 157 Å². The fourth-order valence-corrected chi connectivity index (χ4v) is 3.47. The minimum atomic E-state index is -0.225. The van der Waals surface area contributed by atoms with E-state index in [2.05, 4.69) is 11.4 Å². The number of carbonyl (C=O) groups excluding carboxylic acids is 1. The SMILES string of the molecule is N#CCc1ccc(NC(=O)COc2ccc3oc4c(c3c2)CCCC4)cc1. The van der Waals surface area contributed by atoms with Gasteiger partial charge < -0.3 is 14.5 Å². The molecule has 5 heteroatoms. The maximum absolute atomic E-state index is 12.1. The van der Waals surface area contributed by atoms with Crippen molar-refractivity contribution in [2.75, 3.05) is 11.9 Å². The van der Waals surface area contributed by atoms with Crippen molar-refractivity contribution in [2.45, 2.75) is 32.1 Å². The summed E-state index contributed by atoms with van der Waals surface area (Å²) >= 11 is 0. The van der Waals surface area contributed by atoms with Crippen LogP contribution in [0, 0.1) is 11.3 Å². The van der Waals surface area contributed by atoms with Crippen molar-refractivity contribution in [3.05, 3.63) is 59.4 Å². The van der Waals surface area contributed by atoms with E-state index in [1.165, 1.54) is 18.4 Å². The summed E-state index contributed by atoms with van der Waals surface area (Å²) in [7, 11) is 0. The average Bonchev–Trinajstić information content (AvgIpc) is 3.06. The van der Waals surface area contributed by atoms with Gasteiger partial charge in [0.05, 0.1) is 12.5 Å². The van der Waals surface area contributed by atoms with Crippen LogP contribution in [0.1, 0.15) is 29.7 Å². The third-order valence-electron chi connectivity index (χ3n) is 4.82. The molecule has 0 spiro atoms. The highest BCUT2D eigenvalue weighted by Crippen LogP contribution is 2.33. The fourth-order valence-electron chi connectivity index (χ4n) is 3.47. The lowest BCUT2D eigenvalue weighted by Gasteiger charge is -2.09. The Bertz CT molecular complexity index is 1010. The van der Waals surface area contributed by atoms with Crippen LogP contribution in [0.5, 0.6) is 5.75 Å². The number of nitrogens with one attached hydrogen (secondary N) is 1. The van der Waals surface area contributed by atoms with Gasteiger partial charge in [-0.2, -0.15) is 5.26 Å². The first-order chi connectivity index (χ1) is 13.2. The predicted octanol–water partition coefficient (Wildman–Crippen LogP) is 4.40. The van der Waals surface area contributed by atoms with E-state index in [9.17, 15) is 4.79 Å². The Kier molecular flexibility index (Phi) is 4.80. The smallest absolute Gasteiger partial charge is 0.262 e. The lowest BCUT2D eigenvalue weighted by atomic mass is 9.96. The van der Waals surface area contributed by atoms with Crippen molar-refractivity contribution >= 4 is 22.6 Å². The van der Waals surface area contributed by atoms with Gasteiger partial charge in [0, 0.05) is 23.1 Å². The molecule has 4 rings (SSSR count). The van der Waals surface area contributed by atoms with E-state index in [1.54, 1.807) is 12.1 Å². The summed E-state index contributed by atoms with van der Waals surface area (Å²) in [6.07, 6.45) is 4.75. The highest BCUT2D eigenvalue weighted by Gasteiger charge is 2.18. The quantitative estimate of drug-likeness (QED) is 0.732. The highest BCUT2D eigenvalue weighted by atomic mass is 16.5. The second kappa shape index (κ2) is 7.55. The number of nitriles is 1. The zero-order chi connectivity index (χ0) is 18.6. The molecule has 0 bridgehead atoms. The van der Waals surface area contributed by atoms with Gasteiger partial charge in [0.1, 0.15) is 17.1 Å². The number of hydrogen-bond donors (Lipinski definition) is 1. The second-order valence-corrected chi connectivity index (χ2v) is 6.74. The second-order valence-electron chi connectivity index (χ2n) is 6.74. The molecular weight excluding hydrogens is 340 g/mol. The van der Waals surface area contributed by atoms with Gasteiger partial charge in [-0.3, -0.25) is 4.79 Å². The minimum Gasteiger partial charge on any atom is -0.484 e. The van der Waals surface area contributed by atoms with Gasteiger partial charge in [-0.05, 0) is 55.2 Å². The first-order valence-electron chi connectivity index (χ1n) is 9.16. The summed E-state index contributed by atoms with van der Waals surface area (Å²) < 4.78 is 11.6. The van der Waals surface area contributed by atoms with E-state index in [4.69, 9.17) is 14.4 Å². The summed E-state index contributed by atoms with van der Waals surface area (Å²) in [4.78, 5) is 12.1. The van der Waals surface area contributed by atoms with Gasteiger partial charge >= 0.3 is 0 Å². The topological polar surface area (TPSA) is 75.3 Å². The molecule has 0 saturated carbocycles. The molecule has 1 heterocycles. The Balaban J connectivity index is 1.39. The van der Waals surface area contributed by atoms with E-state index < -0.39 is 0 Å². The summed E-state index contributed by atoms with van der Waals surface area (Å²) in [5.41, 5.74) is 3.77. The van der Waals surface area contributed by atoms with Crippen molar-refractivity contribution in [2.24, 2.45) is 0 Å². The van der Waals surface area contributed by atoms with Gasteiger partial charge in [0.2, 0.25) is 0 Å². The van der Waals surface area contributed by atoms with Gasteiger partial charge in [-0.1, -0.05) is 12.1 Å². The Hall–Kier alpha value is -3.26. The van der Waals surface area contributed by atoms with E-state index in [1.807, 2.05) is 30.3 Å². The van der Waals surface area contributed by atoms with Crippen LogP contribution >= 0.6 is 0 Å². The van der Waals surface area contributed by atoms with Gasteiger partial charge in [-0.25, -0.2) is 0 Å². The molecule has 1 amide bonds. The van der Waals surface area contributed by atoms with E-state index >= 15 is 0 Å². The molecule has 0 fully saturated rings.